The number of carbonyl (C=O) groups excluding carboxylic acids is 1. The zero-order chi connectivity index (χ0) is 14.0. The maximum atomic E-state index is 12.0. The van der Waals surface area contributed by atoms with Crippen molar-refractivity contribution < 1.29 is 19.8 Å². The van der Waals surface area contributed by atoms with Gasteiger partial charge in [0.15, 0.2) is 0 Å². The van der Waals surface area contributed by atoms with Crippen LogP contribution in [0.4, 0.5) is 0 Å². The first-order valence-corrected chi connectivity index (χ1v) is 6.31. The summed E-state index contributed by atoms with van der Waals surface area (Å²) in [6.45, 7) is 1.72. The molecule has 1 aromatic rings. The Labute approximate surface area is 111 Å². The highest BCUT2D eigenvalue weighted by molar-refractivity contribution is 5.97. The second-order valence-corrected chi connectivity index (χ2v) is 4.99. The molecule has 1 aliphatic carbocycles. The molecule has 1 fully saturated rings. The Morgan fingerprint density at radius 3 is 2.68 bits per heavy atom. The molecule has 0 aliphatic heterocycles. The Morgan fingerprint density at radius 2 is 2.05 bits per heavy atom. The van der Waals surface area contributed by atoms with E-state index in [9.17, 15) is 14.7 Å². The van der Waals surface area contributed by atoms with Crippen LogP contribution in [0.25, 0.3) is 0 Å². The maximum Gasteiger partial charge on any atom is 0.306 e. The first-order chi connectivity index (χ1) is 8.99. The molecule has 0 saturated heterocycles. The average Bonchev–Trinajstić information content (AvgIpc) is 2.81. The van der Waals surface area contributed by atoms with Crippen molar-refractivity contribution in [2.75, 3.05) is 0 Å². The SMILES string of the molecule is Cc1cccc(C(=O)N[C@H]2CC[C@@H](C(=O)O)C2)c1O. The van der Waals surface area contributed by atoms with Gasteiger partial charge in [-0.25, -0.2) is 0 Å². The molecular formula is C14H17NO4. The summed E-state index contributed by atoms with van der Waals surface area (Å²) >= 11 is 0. The summed E-state index contributed by atoms with van der Waals surface area (Å²) in [6, 6.07) is 4.86. The normalized spacial score (nSPS) is 22.2. The maximum absolute atomic E-state index is 12.0. The van der Waals surface area contributed by atoms with Gasteiger partial charge >= 0.3 is 5.97 Å². The first-order valence-electron chi connectivity index (χ1n) is 6.31. The average molecular weight is 263 g/mol. The van der Waals surface area contributed by atoms with Crippen molar-refractivity contribution in [1.82, 2.24) is 5.32 Å². The number of carbonyl (C=O) groups is 2. The molecular weight excluding hydrogens is 246 g/mol. The number of hydrogen-bond donors (Lipinski definition) is 3. The summed E-state index contributed by atoms with van der Waals surface area (Å²) in [7, 11) is 0. The molecule has 0 bridgehead atoms. The number of phenolic OH excluding ortho intramolecular Hbond substituents is 1. The second kappa shape index (κ2) is 5.30. The predicted molar refractivity (Wildman–Crippen MR) is 69.1 cm³/mol. The van der Waals surface area contributed by atoms with E-state index in [4.69, 9.17) is 5.11 Å². The zero-order valence-corrected chi connectivity index (χ0v) is 10.7. The molecule has 0 unspecified atom stereocenters. The number of aromatic hydroxyl groups is 1. The van der Waals surface area contributed by atoms with E-state index in [1.807, 2.05) is 0 Å². The molecule has 1 aliphatic rings. The molecule has 0 aromatic heterocycles. The third-order valence-corrected chi connectivity index (χ3v) is 3.60. The second-order valence-electron chi connectivity index (χ2n) is 4.99. The number of aliphatic carboxylic acids is 1. The number of para-hydroxylation sites is 1. The molecule has 0 spiro atoms. The number of carboxylic acids is 1. The fourth-order valence-electron chi connectivity index (χ4n) is 2.44. The molecule has 1 saturated carbocycles. The quantitative estimate of drug-likeness (QED) is 0.774. The van der Waals surface area contributed by atoms with E-state index >= 15 is 0 Å². The summed E-state index contributed by atoms with van der Waals surface area (Å²) in [4.78, 5) is 22.9. The Bertz CT molecular complexity index is 512. The van der Waals surface area contributed by atoms with Gasteiger partial charge in [-0.15, -0.1) is 0 Å². The van der Waals surface area contributed by atoms with Crippen LogP contribution < -0.4 is 5.32 Å². The summed E-state index contributed by atoms with van der Waals surface area (Å²) in [5.74, 6) is -1.56. The van der Waals surface area contributed by atoms with Crippen molar-refractivity contribution in [3.05, 3.63) is 29.3 Å². The molecule has 1 amide bonds. The summed E-state index contributed by atoms with van der Waals surface area (Å²) in [5, 5.41) is 21.5. The van der Waals surface area contributed by atoms with E-state index in [0.29, 0.717) is 24.8 Å². The highest BCUT2D eigenvalue weighted by atomic mass is 16.4. The van der Waals surface area contributed by atoms with Crippen molar-refractivity contribution >= 4 is 11.9 Å². The van der Waals surface area contributed by atoms with Crippen LogP contribution in [-0.4, -0.2) is 28.1 Å². The number of hydrogen-bond acceptors (Lipinski definition) is 3. The molecule has 5 nitrogen and oxygen atoms in total. The van der Waals surface area contributed by atoms with E-state index in [0.717, 1.165) is 0 Å². The Balaban J connectivity index is 2.02. The summed E-state index contributed by atoms with van der Waals surface area (Å²) in [6.07, 6.45) is 1.70. The third kappa shape index (κ3) is 2.86. The number of benzene rings is 1. The van der Waals surface area contributed by atoms with Crippen LogP contribution in [0.2, 0.25) is 0 Å². The lowest BCUT2D eigenvalue weighted by Gasteiger charge is -2.13. The van der Waals surface area contributed by atoms with Crippen molar-refractivity contribution in [3.63, 3.8) is 0 Å². The van der Waals surface area contributed by atoms with Gasteiger partial charge in [-0.1, -0.05) is 12.1 Å². The van der Waals surface area contributed by atoms with Crippen LogP contribution in [0.1, 0.15) is 35.2 Å². The van der Waals surface area contributed by atoms with Gasteiger partial charge in [0, 0.05) is 6.04 Å². The Morgan fingerprint density at radius 1 is 1.32 bits per heavy atom. The molecule has 19 heavy (non-hydrogen) atoms. The summed E-state index contributed by atoms with van der Waals surface area (Å²) in [5.41, 5.74) is 0.876. The van der Waals surface area contributed by atoms with Gasteiger partial charge < -0.3 is 15.5 Å². The van der Waals surface area contributed by atoms with E-state index in [-0.39, 0.29) is 29.2 Å². The van der Waals surface area contributed by atoms with Gasteiger partial charge in [-0.3, -0.25) is 9.59 Å². The number of amides is 1. The molecule has 0 radical (unpaired) electrons. The van der Waals surface area contributed by atoms with E-state index in [2.05, 4.69) is 5.32 Å². The standard InChI is InChI=1S/C14H17NO4/c1-8-3-2-4-11(12(8)16)13(17)15-10-6-5-9(7-10)14(18)19/h2-4,9-10,16H,5-7H2,1H3,(H,15,17)(H,18,19)/t9-,10+/m1/s1. The van der Waals surface area contributed by atoms with Crippen LogP contribution >= 0.6 is 0 Å². The summed E-state index contributed by atoms with van der Waals surface area (Å²) < 4.78 is 0. The lowest BCUT2D eigenvalue weighted by atomic mass is 10.1. The van der Waals surface area contributed by atoms with Gasteiger partial charge in [-0.2, -0.15) is 0 Å². The van der Waals surface area contributed by atoms with Gasteiger partial charge in [0.05, 0.1) is 11.5 Å². The fourth-order valence-corrected chi connectivity index (χ4v) is 2.44. The van der Waals surface area contributed by atoms with Crippen molar-refractivity contribution in [2.24, 2.45) is 5.92 Å². The molecule has 0 heterocycles. The van der Waals surface area contributed by atoms with Crippen molar-refractivity contribution in [1.29, 1.82) is 0 Å². The van der Waals surface area contributed by atoms with Crippen LogP contribution in [0.15, 0.2) is 18.2 Å². The van der Waals surface area contributed by atoms with Crippen LogP contribution in [0.3, 0.4) is 0 Å². The van der Waals surface area contributed by atoms with E-state index < -0.39 is 5.97 Å². The lowest BCUT2D eigenvalue weighted by molar-refractivity contribution is -0.141. The fraction of sp³-hybridized carbons (Fsp3) is 0.429. The van der Waals surface area contributed by atoms with E-state index in [1.165, 1.54) is 0 Å². The van der Waals surface area contributed by atoms with E-state index in [1.54, 1.807) is 25.1 Å². The number of rotatable bonds is 3. The monoisotopic (exact) mass is 263 g/mol. The van der Waals surface area contributed by atoms with Crippen LogP contribution in [-0.2, 0) is 4.79 Å². The molecule has 5 heteroatoms. The Hall–Kier alpha value is -2.04. The van der Waals surface area contributed by atoms with Gasteiger partial charge in [0.2, 0.25) is 0 Å². The molecule has 3 N–H and O–H groups in total. The first kappa shape index (κ1) is 13.4. The number of nitrogens with one attached hydrogen (secondary N) is 1. The third-order valence-electron chi connectivity index (χ3n) is 3.60. The minimum Gasteiger partial charge on any atom is -0.507 e. The Kier molecular flexibility index (Phi) is 3.74. The topological polar surface area (TPSA) is 86.6 Å². The molecule has 102 valence electrons. The predicted octanol–water partition coefficient (Wildman–Crippen LogP) is 1.68. The minimum atomic E-state index is -0.810. The largest absolute Gasteiger partial charge is 0.507 e. The molecule has 2 rings (SSSR count). The smallest absolute Gasteiger partial charge is 0.306 e. The van der Waals surface area contributed by atoms with Gasteiger partial charge in [-0.05, 0) is 37.8 Å². The van der Waals surface area contributed by atoms with Gasteiger partial charge in [0.1, 0.15) is 5.75 Å². The van der Waals surface area contributed by atoms with Crippen LogP contribution in [0.5, 0.6) is 5.75 Å². The van der Waals surface area contributed by atoms with Crippen molar-refractivity contribution in [2.45, 2.75) is 32.2 Å². The highest BCUT2D eigenvalue weighted by Gasteiger charge is 2.31. The highest BCUT2D eigenvalue weighted by Crippen LogP contribution is 2.27. The lowest BCUT2D eigenvalue weighted by Crippen LogP contribution is -2.33. The molecule has 1 aromatic carbocycles. The van der Waals surface area contributed by atoms with Crippen molar-refractivity contribution in [3.8, 4) is 5.75 Å². The number of aryl methyl sites for hydroxylation is 1. The molecule has 2 atom stereocenters. The minimum absolute atomic E-state index is 0.0206. The van der Waals surface area contributed by atoms with Crippen LogP contribution in [0, 0.1) is 12.8 Å². The van der Waals surface area contributed by atoms with Gasteiger partial charge in [0.25, 0.3) is 5.91 Å². The number of phenols is 1. The number of carboxylic acid groups (broad SMARTS) is 1. The zero-order valence-electron chi connectivity index (χ0n) is 10.7.